The molecule has 0 saturated heterocycles. The van der Waals surface area contributed by atoms with E-state index in [-0.39, 0.29) is 17.3 Å². The number of ether oxygens (including phenoxy) is 1. The zero-order valence-electron chi connectivity index (χ0n) is 15.7. The number of carbonyl (C=O) groups excluding carboxylic acids is 2. The van der Waals surface area contributed by atoms with Gasteiger partial charge in [0.05, 0.1) is 24.5 Å². The summed E-state index contributed by atoms with van der Waals surface area (Å²) in [4.78, 5) is 24.1. The minimum absolute atomic E-state index is 0.0336. The number of hydrogen-bond donors (Lipinski definition) is 2. The Labute approximate surface area is 163 Å². The Morgan fingerprint density at radius 2 is 2.00 bits per heavy atom. The highest BCUT2D eigenvalue weighted by Crippen LogP contribution is 2.34. The van der Waals surface area contributed by atoms with E-state index in [0.29, 0.717) is 22.7 Å². The van der Waals surface area contributed by atoms with Crippen LogP contribution in [0.25, 0.3) is 0 Å². The van der Waals surface area contributed by atoms with Gasteiger partial charge in [-0.05, 0) is 42.8 Å². The summed E-state index contributed by atoms with van der Waals surface area (Å²) >= 11 is 0. The van der Waals surface area contributed by atoms with Crippen LogP contribution in [-0.2, 0) is 19.6 Å². The lowest BCUT2D eigenvalue weighted by molar-refractivity contribution is -0.117. The molecule has 0 radical (unpaired) electrons. The Morgan fingerprint density at radius 1 is 1.25 bits per heavy atom. The van der Waals surface area contributed by atoms with Gasteiger partial charge in [-0.1, -0.05) is 6.07 Å². The first-order chi connectivity index (χ1) is 13.2. The minimum atomic E-state index is -3.89. The van der Waals surface area contributed by atoms with Gasteiger partial charge >= 0.3 is 0 Å². The third-order valence-corrected chi connectivity index (χ3v) is 6.37. The molecule has 0 bridgehead atoms. The van der Waals surface area contributed by atoms with Crippen LogP contribution in [0, 0.1) is 0 Å². The van der Waals surface area contributed by atoms with Crippen molar-refractivity contribution in [2.45, 2.75) is 17.7 Å². The second-order valence-corrected chi connectivity index (χ2v) is 8.55. The highest BCUT2D eigenvalue weighted by atomic mass is 32.2. The monoisotopic (exact) mass is 403 g/mol. The molecule has 148 valence electrons. The van der Waals surface area contributed by atoms with Crippen molar-refractivity contribution in [1.82, 2.24) is 4.31 Å². The van der Waals surface area contributed by atoms with Gasteiger partial charge in [-0.25, -0.2) is 8.42 Å². The molecular formula is C19H21N3O5S. The number of nitrogens with zero attached hydrogens (tertiary/aromatic N) is 1. The van der Waals surface area contributed by atoms with Crippen LogP contribution in [0.5, 0.6) is 5.75 Å². The first kappa shape index (κ1) is 19.8. The number of anilines is 2. The first-order valence-electron chi connectivity index (χ1n) is 8.57. The molecule has 1 heterocycles. The van der Waals surface area contributed by atoms with Gasteiger partial charge in [-0.2, -0.15) is 4.31 Å². The molecule has 28 heavy (non-hydrogen) atoms. The number of methoxy groups -OCH3 is 1. The van der Waals surface area contributed by atoms with E-state index in [9.17, 15) is 18.0 Å². The average Bonchev–Trinajstić information content (AvgIpc) is 2.95. The molecular weight excluding hydrogens is 382 g/mol. The number of nitrogens with one attached hydrogen (secondary N) is 2. The number of amides is 2. The Bertz CT molecular complexity index is 1040. The van der Waals surface area contributed by atoms with Gasteiger partial charge in [0, 0.05) is 24.5 Å². The summed E-state index contributed by atoms with van der Waals surface area (Å²) in [6, 6.07) is 11.2. The van der Waals surface area contributed by atoms with E-state index < -0.39 is 21.8 Å². The van der Waals surface area contributed by atoms with E-state index in [4.69, 9.17) is 4.74 Å². The molecule has 0 fully saturated rings. The Kier molecular flexibility index (Phi) is 5.39. The van der Waals surface area contributed by atoms with Gasteiger partial charge in [0.25, 0.3) is 0 Å². The summed E-state index contributed by atoms with van der Waals surface area (Å²) in [6.45, 7) is 1.35. The predicted octanol–water partition coefficient (Wildman–Crippen LogP) is 2.01. The fourth-order valence-corrected chi connectivity index (χ4v) is 4.09. The molecule has 0 aromatic heterocycles. The molecule has 1 atom stereocenters. The lowest BCUT2D eigenvalue weighted by atomic mass is 10.0. The standard InChI is InChI=1S/C19H21N3O5S/c1-12-16-10-15(7-8-17(16)21-19(12)24)28(25,26)22(2)11-18(23)20-13-5-4-6-14(9-13)27-3/h4-10,12H,11H2,1-3H3,(H,20,23)(H,21,24)/t12-/m0/s1. The number of likely N-dealkylation sites (N-methyl/N-ethyl adjacent to an activating group) is 1. The predicted molar refractivity (Wildman–Crippen MR) is 105 cm³/mol. The van der Waals surface area contributed by atoms with E-state index in [1.54, 1.807) is 37.3 Å². The summed E-state index contributed by atoms with van der Waals surface area (Å²) in [5.41, 5.74) is 1.74. The van der Waals surface area contributed by atoms with Crippen LogP contribution in [0.4, 0.5) is 11.4 Å². The summed E-state index contributed by atoms with van der Waals surface area (Å²) < 4.78 is 31.7. The lowest BCUT2D eigenvalue weighted by Gasteiger charge is -2.18. The third kappa shape index (κ3) is 3.85. The van der Waals surface area contributed by atoms with Crippen molar-refractivity contribution >= 4 is 33.2 Å². The zero-order valence-corrected chi connectivity index (χ0v) is 16.5. The smallest absolute Gasteiger partial charge is 0.243 e. The zero-order chi connectivity index (χ0) is 20.5. The van der Waals surface area contributed by atoms with Crippen molar-refractivity contribution in [3.05, 3.63) is 48.0 Å². The van der Waals surface area contributed by atoms with Crippen molar-refractivity contribution in [2.75, 3.05) is 31.3 Å². The molecule has 0 spiro atoms. The van der Waals surface area contributed by atoms with Gasteiger partial charge in [0.15, 0.2) is 0 Å². The maximum Gasteiger partial charge on any atom is 0.243 e. The van der Waals surface area contributed by atoms with Crippen LogP contribution in [0.2, 0.25) is 0 Å². The molecule has 0 saturated carbocycles. The average molecular weight is 403 g/mol. The summed E-state index contributed by atoms with van der Waals surface area (Å²) in [7, 11) is -1.04. The molecule has 2 aromatic carbocycles. The maximum atomic E-state index is 12.8. The van der Waals surface area contributed by atoms with Crippen molar-refractivity contribution in [1.29, 1.82) is 0 Å². The quantitative estimate of drug-likeness (QED) is 0.768. The number of hydrogen-bond acceptors (Lipinski definition) is 5. The van der Waals surface area contributed by atoms with Crippen molar-refractivity contribution < 1.29 is 22.7 Å². The number of rotatable bonds is 6. The van der Waals surface area contributed by atoms with E-state index in [1.807, 2.05) is 0 Å². The van der Waals surface area contributed by atoms with Crippen LogP contribution in [0.15, 0.2) is 47.4 Å². The largest absolute Gasteiger partial charge is 0.497 e. The highest BCUT2D eigenvalue weighted by Gasteiger charge is 2.30. The molecule has 3 rings (SSSR count). The molecule has 2 N–H and O–H groups in total. The number of benzene rings is 2. The summed E-state index contributed by atoms with van der Waals surface area (Å²) in [5.74, 6) is -0.498. The van der Waals surface area contributed by atoms with E-state index in [1.165, 1.54) is 26.3 Å². The van der Waals surface area contributed by atoms with Crippen LogP contribution >= 0.6 is 0 Å². The third-order valence-electron chi connectivity index (χ3n) is 4.57. The summed E-state index contributed by atoms with van der Waals surface area (Å²) in [6.07, 6.45) is 0. The Morgan fingerprint density at radius 3 is 2.71 bits per heavy atom. The van der Waals surface area contributed by atoms with Crippen molar-refractivity contribution in [2.24, 2.45) is 0 Å². The van der Waals surface area contributed by atoms with Gasteiger partial charge in [-0.3, -0.25) is 9.59 Å². The Hall–Kier alpha value is -2.91. The van der Waals surface area contributed by atoms with E-state index in [2.05, 4.69) is 10.6 Å². The topological polar surface area (TPSA) is 105 Å². The van der Waals surface area contributed by atoms with Crippen LogP contribution in [0.3, 0.4) is 0 Å². The molecule has 9 heteroatoms. The van der Waals surface area contributed by atoms with Gasteiger partial charge in [-0.15, -0.1) is 0 Å². The van der Waals surface area contributed by atoms with Gasteiger partial charge in [0.1, 0.15) is 5.75 Å². The fraction of sp³-hybridized carbons (Fsp3) is 0.263. The number of carbonyl (C=O) groups is 2. The van der Waals surface area contributed by atoms with Crippen LogP contribution < -0.4 is 15.4 Å². The lowest BCUT2D eigenvalue weighted by Crippen LogP contribution is -2.35. The fourth-order valence-electron chi connectivity index (χ4n) is 2.92. The van der Waals surface area contributed by atoms with Crippen molar-refractivity contribution in [3.63, 3.8) is 0 Å². The number of fused-ring (bicyclic) bond motifs is 1. The summed E-state index contributed by atoms with van der Waals surface area (Å²) in [5, 5.41) is 5.35. The Balaban J connectivity index is 1.73. The molecule has 2 amide bonds. The molecule has 2 aromatic rings. The number of sulfonamides is 1. The van der Waals surface area contributed by atoms with E-state index in [0.717, 1.165) is 4.31 Å². The molecule has 0 aliphatic carbocycles. The molecule has 0 unspecified atom stereocenters. The van der Waals surface area contributed by atoms with Gasteiger partial charge in [0.2, 0.25) is 21.8 Å². The highest BCUT2D eigenvalue weighted by molar-refractivity contribution is 7.89. The minimum Gasteiger partial charge on any atom is -0.497 e. The van der Waals surface area contributed by atoms with Gasteiger partial charge < -0.3 is 15.4 Å². The van der Waals surface area contributed by atoms with E-state index >= 15 is 0 Å². The first-order valence-corrected chi connectivity index (χ1v) is 10.0. The normalized spacial score (nSPS) is 15.9. The molecule has 8 nitrogen and oxygen atoms in total. The second-order valence-electron chi connectivity index (χ2n) is 6.50. The van der Waals surface area contributed by atoms with Crippen LogP contribution in [0.1, 0.15) is 18.4 Å². The maximum absolute atomic E-state index is 12.8. The van der Waals surface area contributed by atoms with Crippen LogP contribution in [-0.4, -0.2) is 45.2 Å². The van der Waals surface area contributed by atoms with Crippen molar-refractivity contribution in [3.8, 4) is 5.75 Å². The SMILES string of the molecule is COc1cccc(NC(=O)CN(C)S(=O)(=O)c2ccc3c(c2)[C@H](C)C(=O)N3)c1. The molecule has 1 aliphatic rings. The molecule has 1 aliphatic heterocycles. The second kappa shape index (κ2) is 7.61.